The summed E-state index contributed by atoms with van der Waals surface area (Å²) in [5, 5.41) is 3.37. The molecule has 3 rings (SSSR count). The molecule has 1 amide bonds. The number of halogens is 1. The molecular formula is C14H17ClN2O3S. The van der Waals surface area contributed by atoms with Crippen LogP contribution >= 0.6 is 11.6 Å². The van der Waals surface area contributed by atoms with Crippen LogP contribution in [0.15, 0.2) is 29.2 Å². The van der Waals surface area contributed by atoms with Gasteiger partial charge in [0.25, 0.3) is 0 Å². The van der Waals surface area contributed by atoms with Crippen molar-refractivity contribution in [1.29, 1.82) is 0 Å². The Labute approximate surface area is 129 Å². The standard InChI is InChI=1S/C14H17ClN2O3S/c15-11-1-3-12(4-2-11)21(19,20)17-7-5-14(6-8-17)9-13(18)16-10-14/h1-4H,5-10H2,(H,16,18). The van der Waals surface area contributed by atoms with Crippen molar-refractivity contribution in [2.24, 2.45) is 5.41 Å². The molecule has 1 aromatic rings. The van der Waals surface area contributed by atoms with Gasteiger partial charge in [0.15, 0.2) is 0 Å². The van der Waals surface area contributed by atoms with E-state index in [0.29, 0.717) is 31.1 Å². The Morgan fingerprint density at radius 3 is 2.29 bits per heavy atom. The van der Waals surface area contributed by atoms with Gasteiger partial charge in [0, 0.05) is 31.1 Å². The number of hydrogen-bond acceptors (Lipinski definition) is 3. The van der Waals surface area contributed by atoms with Crippen LogP contribution in [0, 0.1) is 5.41 Å². The predicted octanol–water partition coefficient (Wildman–Crippen LogP) is 1.63. The Balaban J connectivity index is 1.74. The van der Waals surface area contributed by atoms with Crippen LogP contribution in [0.1, 0.15) is 19.3 Å². The number of piperidine rings is 1. The van der Waals surface area contributed by atoms with Gasteiger partial charge in [-0.15, -0.1) is 0 Å². The third kappa shape index (κ3) is 2.80. The maximum Gasteiger partial charge on any atom is 0.243 e. The van der Waals surface area contributed by atoms with E-state index in [1.54, 1.807) is 12.1 Å². The minimum absolute atomic E-state index is 0.0525. The highest BCUT2D eigenvalue weighted by molar-refractivity contribution is 7.89. The first-order chi connectivity index (χ1) is 9.91. The van der Waals surface area contributed by atoms with Crippen LogP contribution in [-0.4, -0.2) is 38.3 Å². The smallest absolute Gasteiger partial charge is 0.243 e. The second kappa shape index (κ2) is 5.26. The molecule has 1 aromatic carbocycles. The molecule has 2 fully saturated rings. The first-order valence-electron chi connectivity index (χ1n) is 6.94. The SMILES string of the molecule is O=C1CC2(CCN(S(=O)(=O)c3ccc(Cl)cc3)CC2)CN1. The van der Waals surface area contributed by atoms with Crippen LogP contribution < -0.4 is 5.32 Å². The van der Waals surface area contributed by atoms with Crippen molar-refractivity contribution >= 4 is 27.5 Å². The Kier molecular flexibility index (Phi) is 3.71. The summed E-state index contributed by atoms with van der Waals surface area (Å²) in [6.07, 6.45) is 1.96. The van der Waals surface area contributed by atoms with Gasteiger partial charge >= 0.3 is 0 Å². The summed E-state index contributed by atoms with van der Waals surface area (Å²) < 4.78 is 26.6. The molecule has 2 heterocycles. The largest absolute Gasteiger partial charge is 0.356 e. The molecule has 114 valence electrons. The summed E-state index contributed by atoms with van der Waals surface area (Å²) in [7, 11) is -3.47. The van der Waals surface area contributed by atoms with Crippen molar-refractivity contribution in [3.05, 3.63) is 29.3 Å². The van der Waals surface area contributed by atoms with Gasteiger partial charge in [0.1, 0.15) is 0 Å². The highest BCUT2D eigenvalue weighted by atomic mass is 35.5. The molecule has 2 aliphatic rings. The number of nitrogens with one attached hydrogen (secondary N) is 1. The summed E-state index contributed by atoms with van der Waals surface area (Å²) in [5.41, 5.74) is -0.0525. The van der Waals surface area contributed by atoms with E-state index in [9.17, 15) is 13.2 Å². The molecule has 0 atom stereocenters. The second-order valence-corrected chi connectivity index (χ2v) is 8.19. The molecule has 0 saturated carbocycles. The number of nitrogens with zero attached hydrogens (tertiary/aromatic N) is 1. The Hall–Kier alpha value is -1.11. The highest BCUT2D eigenvalue weighted by Crippen LogP contribution is 2.38. The average Bonchev–Trinajstić information content (AvgIpc) is 2.81. The number of carbonyl (C=O) groups is 1. The quantitative estimate of drug-likeness (QED) is 0.897. The lowest BCUT2D eigenvalue weighted by molar-refractivity contribution is -0.119. The molecule has 7 heteroatoms. The van der Waals surface area contributed by atoms with Crippen molar-refractivity contribution in [1.82, 2.24) is 9.62 Å². The van der Waals surface area contributed by atoms with Gasteiger partial charge in [-0.2, -0.15) is 4.31 Å². The van der Waals surface area contributed by atoms with Crippen LogP contribution in [-0.2, 0) is 14.8 Å². The van der Waals surface area contributed by atoms with E-state index in [4.69, 9.17) is 11.6 Å². The van der Waals surface area contributed by atoms with Crippen molar-refractivity contribution in [2.75, 3.05) is 19.6 Å². The zero-order chi connectivity index (χ0) is 15.1. The average molecular weight is 329 g/mol. The highest BCUT2D eigenvalue weighted by Gasteiger charge is 2.43. The van der Waals surface area contributed by atoms with Gasteiger partial charge < -0.3 is 5.32 Å². The molecule has 0 aromatic heterocycles. The molecule has 0 unspecified atom stereocenters. The van der Waals surface area contributed by atoms with Crippen molar-refractivity contribution in [3.8, 4) is 0 Å². The molecule has 1 N–H and O–H groups in total. The molecule has 1 spiro atoms. The van der Waals surface area contributed by atoms with Crippen LogP contribution in [0.3, 0.4) is 0 Å². The number of hydrogen-bond donors (Lipinski definition) is 1. The third-order valence-electron chi connectivity index (χ3n) is 4.43. The molecule has 2 aliphatic heterocycles. The van der Waals surface area contributed by atoms with E-state index in [2.05, 4.69) is 5.32 Å². The first kappa shape index (κ1) is 14.8. The fraction of sp³-hybridized carbons (Fsp3) is 0.500. The normalized spacial score (nSPS) is 22.4. The molecule has 21 heavy (non-hydrogen) atoms. The van der Waals surface area contributed by atoms with E-state index in [1.807, 2.05) is 0 Å². The minimum atomic E-state index is -3.47. The van der Waals surface area contributed by atoms with Gasteiger partial charge in [-0.05, 0) is 42.5 Å². The number of benzene rings is 1. The van der Waals surface area contributed by atoms with Crippen LogP contribution in [0.2, 0.25) is 5.02 Å². The summed E-state index contributed by atoms with van der Waals surface area (Å²) in [5.74, 6) is 0.0732. The van der Waals surface area contributed by atoms with E-state index in [1.165, 1.54) is 16.4 Å². The maximum absolute atomic E-state index is 12.6. The molecule has 5 nitrogen and oxygen atoms in total. The summed E-state index contributed by atoms with van der Waals surface area (Å²) in [6, 6.07) is 6.23. The van der Waals surface area contributed by atoms with Crippen LogP contribution in [0.5, 0.6) is 0 Å². The predicted molar refractivity (Wildman–Crippen MR) is 79.5 cm³/mol. The molecule has 0 bridgehead atoms. The summed E-state index contributed by atoms with van der Waals surface area (Å²) in [4.78, 5) is 11.7. The lowest BCUT2D eigenvalue weighted by atomic mass is 9.78. The van der Waals surface area contributed by atoms with E-state index >= 15 is 0 Å². The first-order valence-corrected chi connectivity index (χ1v) is 8.76. The van der Waals surface area contributed by atoms with Gasteiger partial charge in [0.2, 0.25) is 15.9 Å². The summed E-state index contributed by atoms with van der Waals surface area (Å²) in [6.45, 7) is 1.58. The number of amides is 1. The van der Waals surface area contributed by atoms with Crippen LogP contribution in [0.25, 0.3) is 0 Å². The molecule has 0 aliphatic carbocycles. The monoisotopic (exact) mass is 328 g/mol. The lowest BCUT2D eigenvalue weighted by Gasteiger charge is -2.37. The number of carbonyl (C=O) groups excluding carboxylic acids is 1. The minimum Gasteiger partial charge on any atom is -0.356 e. The van der Waals surface area contributed by atoms with Gasteiger partial charge in [-0.3, -0.25) is 4.79 Å². The summed E-state index contributed by atoms with van der Waals surface area (Å²) >= 11 is 5.80. The topological polar surface area (TPSA) is 66.5 Å². The fourth-order valence-corrected chi connectivity index (χ4v) is 4.63. The van der Waals surface area contributed by atoms with Gasteiger partial charge in [-0.1, -0.05) is 11.6 Å². The van der Waals surface area contributed by atoms with E-state index in [-0.39, 0.29) is 16.2 Å². The molecular weight excluding hydrogens is 312 g/mol. The van der Waals surface area contributed by atoms with Gasteiger partial charge in [0.05, 0.1) is 4.90 Å². The Bertz CT molecular complexity index is 649. The molecule has 2 saturated heterocycles. The van der Waals surface area contributed by atoms with E-state index < -0.39 is 10.0 Å². The van der Waals surface area contributed by atoms with Crippen molar-refractivity contribution in [3.63, 3.8) is 0 Å². The van der Waals surface area contributed by atoms with Gasteiger partial charge in [-0.25, -0.2) is 8.42 Å². The van der Waals surface area contributed by atoms with Crippen molar-refractivity contribution in [2.45, 2.75) is 24.2 Å². The maximum atomic E-state index is 12.6. The number of sulfonamides is 1. The van der Waals surface area contributed by atoms with E-state index in [0.717, 1.165) is 12.8 Å². The second-order valence-electron chi connectivity index (χ2n) is 5.81. The van der Waals surface area contributed by atoms with Crippen LogP contribution in [0.4, 0.5) is 0 Å². The lowest BCUT2D eigenvalue weighted by Crippen LogP contribution is -2.43. The Morgan fingerprint density at radius 2 is 1.76 bits per heavy atom. The van der Waals surface area contributed by atoms with Crippen molar-refractivity contribution < 1.29 is 13.2 Å². The number of rotatable bonds is 2. The fourth-order valence-electron chi connectivity index (χ4n) is 3.06. The Morgan fingerprint density at radius 1 is 1.14 bits per heavy atom. The third-order valence-corrected chi connectivity index (χ3v) is 6.60. The molecule has 0 radical (unpaired) electrons. The zero-order valence-corrected chi connectivity index (χ0v) is 13.1. The zero-order valence-electron chi connectivity index (χ0n) is 11.5.